The highest BCUT2D eigenvalue weighted by atomic mass is 32.1. The van der Waals surface area contributed by atoms with Gasteiger partial charge in [0.05, 0.1) is 4.88 Å². The molecular formula is C14H22N2OS. The Morgan fingerprint density at radius 2 is 2.22 bits per heavy atom. The summed E-state index contributed by atoms with van der Waals surface area (Å²) >= 11 is 1.52. The standard InChI is InChI=1S/C14H22N2OS/c1-11-9-13(18-10-11)14(17)15-7-8-16(2)12-5-3-4-6-12/h9-10,12H,3-8H2,1-2H3,(H,15,17). The molecule has 4 heteroatoms. The lowest BCUT2D eigenvalue weighted by Gasteiger charge is -2.23. The van der Waals surface area contributed by atoms with Gasteiger partial charge in [0.25, 0.3) is 5.91 Å². The Balaban J connectivity index is 1.70. The molecule has 1 aliphatic carbocycles. The van der Waals surface area contributed by atoms with Gasteiger partial charge >= 0.3 is 0 Å². The van der Waals surface area contributed by atoms with Crippen LogP contribution in [0.1, 0.15) is 40.9 Å². The number of aryl methyl sites for hydroxylation is 1. The van der Waals surface area contributed by atoms with Crippen molar-refractivity contribution < 1.29 is 4.79 Å². The average Bonchev–Trinajstić information content (AvgIpc) is 2.99. The van der Waals surface area contributed by atoms with Crippen molar-refractivity contribution in [1.82, 2.24) is 10.2 Å². The summed E-state index contributed by atoms with van der Waals surface area (Å²) in [6, 6.07) is 2.67. The molecular weight excluding hydrogens is 244 g/mol. The number of hydrogen-bond donors (Lipinski definition) is 1. The Kier molecular flexibility index (Phi) is 4.78. The van der Waals surface area contributed by atoms with Crippen LogP contribution in [0.15, 0.2) is 11.4 Å². The minimum absolute atomic E-state index is 0.0629. The minimum atomic E-state index is 0.0629. The molecule has 0 aliphatic heterocycles. The number of carbonyl (C=O) groups is 1. The summed E-state index contributed by atoms with van der Waals surface area (Å²) < 4.78 is 0. The van der Waals surface area contributed by atoms with Crippen LogP contribution in [-0.2, 0) is 0 Å². The number of hydrogen-bond acceptors (Lipinski definition) is 3. The van der Waals surface area contributed by atoms with Crippen molar-refractivity contribution in [3.05, 3.63) is 21.9 Å². The zero-order valence-corrected chi connectivity index (χ0v) is 12.1. The lowest BCUT2D eigenvalue weighted by Crippen LogP contribution is -2.37. The van der Waals surface area contributed by atoms with E-state index in [0.717, 1.165) is 29.6 Å². The molecule has 18 heavy (non-hydrogen) atoms. The zero-order chi connectivity index (χ0) is 13.0. The first kappa shape index (κ1) is 13.6. The Hall–Kier alpha value is -0.870. The van der Waals surface area contributed by atoms with Gasteiger partial charge in [-0.25, -0.2) is 0 Å². The van der Waals surface area contributed by atoms with Crippen molar-refractivity contribution in [2.45, 2.75) is 38.6 Å². The van der Waals surface area contributed by atoms with Crippen LogP contribution in [0.4, 0.5) is 0 Å². The Morgan fingerprint density at radius 1 is 1.50 bits per heavy atom. The average molecular weight is 266 g/mol. The van der Waals surface area contributed by atoms with Gasteiger partial charge in [0.2, 0.25) is 0 Å². The van der Waals surface area contributed by atoms with E-state index in [0.29, 0.717) is 0 Å². The number of rotatable bonds is 5. The molecule has 1 amide bonds. The van der Waals surface area contributed by atoms with Gasteiger partial charge in [0.1, 0.15) is 0 Å². The second kappa shape index (κ2) is 6.34. The predicted octanol–water partition coefficient (Wildman–Crippen LogP) is 2.66. The van der Waals surface area contributed by atoms with Crippen molar-refractivity contribution in [3.8, 4) is 0 Å². The molecule has 0 radical (unpaired) electrons. The van der Waals surface area contributed by atoms with Gasteiger partial charge in [-0.1, -0.05) is 12.8 Å². The van der Waals surface area contributed by atoms with Crippen molar-refractivity contribution in [3.63, 3.8) is 0 Å². The first-order valence-corrected chi connectivity index (χ1v) is 7.58. The van der Waals surface area contributed by atoms with Crippen molar-refractivity contribution in [2.75, 3.05) is 20.1 Å². The summed E-state index contributed by atoms with van der Waals surface area (Å²) in [7, 11) is 2.16. The number of nitrogens with zero attached hydrogens (tertiary/aromatic N) is 1. The largest absolute Gasteiger partial charge is 0.350 e. The highest BCUT2D eigenvalue weighted by Crippen LogP contribution is 2.21. The van der Waals surface area contributed by atoms with E-state index in [9.17, 15) is 4.79 Å². The fourth-order valence-corrected chi connectivity index (χ4v) is 3.32. The maximum absolute atomic E-state index is 11.8. The predicted molar refractivity (Wildman–Crippen MR) is 76.3 cm³/mol. The van der Waals surface area contributed by atoms with Crippen LogP contribution in [0.5, 0.6) is 0 Å². The summed E-state index contributed by atoms with van der Waals surface area (Å²) in [6.07, 6.45) is 5.34. The van der Waals surface area contributed by atoms with Gasteiger partial charge in [-0.15, -0.1) is 11.3 Å². The van der Waals surface area contributed by atoms with E-state index in [1.807, 2.05) is 18.4 Å². The van der Waals surface area contributed by atoms with Crippen LogP contribution in [0, 0.1) is 6.92 Å². The highest BCUT2D eigenvalue weighted by Gasteiger charge is 2.19. The topological polar surface area (TPSA) is 32.3 Å². The van der Waals surface area contributed by atoms with Crippen molar-refractivity contribution >= 4 is 17.2 Å². The lowest BCUT2D eigenvalue weighted by atomic mass is 10.2. The van der Waals surface area contributed by atoms with E-state index < -0.39 is 0 Å². The number of amides is 1. The summed E-state index contributed by atoms with van der Waals surface area (Å²) in [5.41, 5.74) is 1.16. The molecule has 0 aromatic carbocycles. The Bertz CT molecular complexity index is 396. The maximum atomic E-state index is 11.8. The molecule has 1 heterocycles. The summed E-state index contributed by atoms with van der Waals surface area (Å²) in [5, 5.41) is 5.01. The second-order valence-corrected chi connectivity index (χ2v) is 6.07. The number of thiophene rings is 1. The van der Waals surface area contributed by atoms with Crippen LogP contribution in [0.2, 0.25) is 0 Å². The molecule has 1 aromatic heterocycles. The molecule has 1 saturated carbocycles. The summed E-state index contributed by atoms with van der Waals surface area (Å²) in [5.74, 6) is 0.0629. The fourth-order valence-electron chi connectivity index (χ4n) is 2.51. The molecule has 1 aliphatic rings. The van der Waals surface area contributed by atoms with Gasteiger partial charge < -0.3 is 10.2 Å². The molecule has 3 nitrogen and oxygen atoms in total. The van der Waals surface area contributed by atoms with Crippen LogP contribution in [-0.4, -0.2) is 37.0 Å². The van der Waals surface area contributed by atoms with Gasteiger partial charge in [0.15, 0.2) is 0 Å². The zero-order valence-electron chi connectivity index (χ0n) is 11.2. The van der Waals surface area contributed by atoms with Crippen LogP contribution in [0.25, 0.3) is 0 Å². The van der Waals surface area contributed by atoms with E-state index in [1.165, 1.54) is 37.0 Å². The van der Waals surface area contributed by atoms with Gasteiger partial charge in [-0.2, -0.15) is 0 Å². The normalized spacial score (nSPS) is 16.4. The third-order valence-electron chi connectivity index (χ3n) is 3.65. The van der Waals surface area contributed by atoms with E-state index in [1.54, 1.807) is 0 Å². The number of likely N-dealkylation sites (N-methyl/N-ethyl adjacent to an activating group) is 1. The molecule has 100 valence electrons. The van der Waals surface area contributed by atoms with E-state index >= 15 is 0 Å². The van der Waals surface area contributed by atoms with Gasteiger partial charge in [0, 0.05) is 19.1 Å². The van der Waals surface area contributed by atoms with Crippen molar-refractivity contribution in [2.24, 2.45) is 0 Å². The molecule has 1 aromatic rings. The van der Waals surface area contributed by atoms with E-state index in [2.05, 4.69) is 17.3 Å². The van der Waals surface area contributed by atoms with Crippen LogP contribution < -0.4 is 5.32 Å². The third-order valence-corrected chi connectivity index (χ3v) is 4.70. The molecule has 0 unspecified atom stereocenters. The molecule has 0 saturated heterocycles. The third kappa shape index (κ3) is 3.56. The monoisotopic (exact) mass is 266 g/mol. The van der Waals surface area contributed by atoms with Crippen LogP contribution in [0.3, 0.4) is 0 Å². The number of carbonyl (C=O) groups excluding carboxylic acids is 1. The smallest absolute Gasteiger partial charge is 0.261 e. The van der Waals surface area contributed by atoms with E-state index in [4.69, 9.17) is 0 Å². The summed E-state index contributed by atoms with van der Waals surface area (Å²) in [4.78, 5) is 15.0. The molecule has 0 bridgehead atoms. The first-order valence-electron chi connectivity index (χ1n) is 6.70. The van der Waals surface area contributed by atoms with Crippen LogP contribution >= 0.6 is 11.3 Å². The maximum Gasteiger partial charge on any atom is 0.261 e. The van der Waals surface area contributed by atoms with Gasteiger partial charge in [-0.3, -0.25) is 4.79 Å². The van der Waals surface area contributed by atoms with E-state index in [-0.39, 0.29) is 5.91 Å². The Morgan fingerprint density at radius 3 is 2.83 bits per heavy atom. The molecule has 1 fully saturated rings. The van der Waals surface area contributed by atoms with Crippen molar-refractivity contribution in [1.29, 1.82) is 0 Å². The SMILES string of the molecule is Cc1csc(C(=O)NCCN(C)C2CCCC2)c1. The first-order chi connectivity index (χ1) is 8.66. The lowest BCUT2D eigenvalue weighted by molar-refractivity contribution is 0.0951. The fraction of sp³-hybridized carbons (Fsp3) is 0.643. The number of nitrogens with one attached hydrogen (secondary N) is 1. The molecule has 1 N–H and O–H groups in total. The molecule has 0 atom stereocenters. The van der Waals surface area contributed by atoms with Gasteiger partial charge in [-0.05, 0) is 43.8 Å². The molecule has 0 spiro atoms. The Labute approximate surface area is 113 Å². The summed E-state index contributed by atoms with van der Waals surface area (Å²) in [6.45, 7) is 3.70. The second-order valence-electron chi connectivity index (χ2n) is 5.16. The minimum Gasteiger partial charge on any atom is -0.350 e. The highest BCUT2D eigenvalue weighted by molar-refractivity contribution is 7.12. The quantitative estimate of drug-likeness (QED) is 0.888. The molecule has 2 rings (SSSR count).